The fourth-order valence-electron chi connectivity index (χ4n) is 3.26. The van der Waals surface area contributed by atoms with Gasteiger partial charge in [-0.15, -0.1) is 0 Å². The van der Waals surface area contributed by atoms with Gasteiger partial charge in [0.25, 0.3) is 0 Å². The van der Waals surface area contributed by atoms with E-state index in [1.807, 2.05) is 11.0 Å². The molecule has 0 aliphatic carbocycles. The van der Waals surface area contributed by atoms with E-state index in [9.17, 15) is 17.6 Å². The largest absolute Gasteiger partial charge is 0.369 e. The van der Waals surface area contributed by atoms with Gasteiger partial charge in [0.05, 0.1) is 11.4 Å². The number of carbonyl (C=O) groups excluding carboxylic acids is 1. The number of benzene rings is 1. The molecule has 1 aromatic rings. The summed E-state index contributed by atoms with van der Waals surface area (Å²) in [6.07, 6.45) is 3.29. The van der Waals surface area contributed by atoms with Crippen LogP contribution in [0.1, 0.15) is 19.3 Å². The first-order chi connectivity index (χ1) is 11.4. The minimum absolute atomic E-state index is 0.0200. The van der Waals surface area contributed by atoms with Crippen molar-refractivity contribution in [2.75, 3.05) is 23.7 Å². The van der Waals surface area contributed by atoms with Crippen molar-refractivity contribution < 1.29 is 17.6 Å². The molecule has 2 aliphatic rings. The quantitative estimate of drug-likeness (QED) is 0.898. The molecule has 0 bridgehead atoms. The summed E-state index contributed by atoms with van der Waals surface area (Å²) in [5, 5.41) is 4.16. The number of piperidine rings is 1. The zero-order valence-electron chi connectivity index (χ0n) is 13.3. The summed E-state index contributed by atoms with van der Waals surface area (Å²) >= 11 is 0. The fraction of sp³-hybridized carbons (Fsp3) is 0.471. The van der Waals surface area contributed by atoms with Crippen LogP contribution in [0.3, 0.4) is 0 Å². The number of halogens is 1. The maximum Gasteiger partial charge on any atom is 0.220 e. The third kappa shape index (κ3) is 4.14. The van der Waals surface area contributed by atoms with Crippen LogP contribution in [0.15, 0.2) is 35.7 Å². The van der Waals surface area contributed by atoms with Crippen molar-refractivity contribution in [1.29, 1.82) is 0 Å². The number of rotatable bonds is 4. The normalized spacial score (nSPS) is 23.4. The van der Waals surface area contributed by atoms with Crippen LogP contribution in [-0.4, -0.2) is 39.2 Å². The number of nitrogens with zero attached hydrogens (tertiary/aromatic N) is 1. The molecule has 24 heavy (non-hydrogen) atoms. The Labute approximate surface area is 141 Å². The topological polar surface area (TPSA) is 66.5 Å². The molecular weight excluding hydrogens is 331 g/mol. The highest BCUT2D eigenvalue weighted by atomic mass is 32.2. The highest BCUT2D eigenvalue weighted by Gasteiger charge is 2.26. The molecule has 1 saturated heterocycles. The Morgan fingerprint density at radius 1 is 1.25 bits per heavy atom. The van der Waals surface area contributed by atoms with Crippen LogP contribution in [0.25, 0.3) is 0 Å². The van der Waals surface area contributed by atoms with E-state index in [0.717, 1.165) is 12.8 Å². The summed E-state index contributed by atoms with van der Waals surface area (Å²) in [6.45, 7) is 1.37. The summed E-state index contributed by atoms with van der Waals surface area (Å²) in [7, 11) is -3.12. The summed E-state index contributed by atoms with van der Waals surface area (Å²) in [6, 6.07) is 6.76. The van der Waals surface area contributed by atoms with E-state index in [1.165, 1.54) is 11.5 Å². The molecule has 7 heteroatoms. The number of nitrogens with one attached hydrogen (secondary N) is 1. The average molecular weight is 352 g/mol. The van der Waals surface area contributed by atoms with E-state index in [-0.39, 0.29) is 35.9 Å². The number of amides is 1. The minimum atomic E-state index is -3.12. The Kier molecular flexibility index (Phi) is 4.89. The van der Waals surface area contributed by atoms with Gasteiger partial charge in [0.1, 0.15) is 5.82 Å². The van der Waals surface area contributed by atoms with Crippen molar-refractivity contribution >= 4 is 21.4 Å². The second-order valence-corrected chi connectivity index (χ2v) is 8.33. The van der Waals surface area contributed by atoms with Crippen molar-refractivity contribution in [3.8, 4) is 0 Å². The van der Waals surface area contributed by atoms with Crippen molar-refractivity contribution in [2.45, 2.75) is 25.3 Å². The van der Waals surface area contributed by atoms with Gasteiger partial charge >= 0.3 is 0 Å². The molecule has 0 aromatic heterocycles. The number of hydrogen-bond donors (Lipinski definition) is 1. The Balaban J connectivity index is 1.46. The van der Waals surface area contributed by atoms with Gasteiger partial charge in [-0.2, -0.15) is 0 Å². The third-order valence-corrected chi connectivity index (χ3v) is 5.97. The SMILES string of the molecule is O=C(CC1C=CS(=O)(=O)C1)NC1CCN(c2ccccc2F)CC1. The standard InChI is InChI=1S/C17H21FN2O3S/c18-15-3-1-2-4-16(15)20-8-5-14(6-9-20)19-17(21)11-13-7-10-24(22,23)12-13/h1-4,7,10,13-14H,5-6,8-9,11-12H2,(H,19,21). The van der Waals surface area contributed by atoms with Crippen LogP contribution in [0.4, 0.5) is 10.1 Å². The van der Waals surface area contributed by atoms with Gasteiger partial charge in [-0.05, 0) is 25.0 Å². The molecule has 1 atom stereocenters. The molecule has 0 saturated carbocycles. The van der Waals surface area contributed by atoms with Crippen LogP contribution in [0.5, 0.6) is 0 Å². The first-order valence-corrected chi connectivity index (χ1v) is 9.84. The monoisotopic (exact) mass is 352 g/mol. The molecule has 1 fully saturated rings. The minimum Gasteiger partial charge on any atom is -0.369 e. The average Bonchev–Trinajstić information content (AvgIpc) is 2.87. The molecule has 130 valence electrons. The maximum atomic E-state index is 13.8. The van der Waals surface area contributed by atoms with Crippen LogP contribution >= 0.6 is 0 Å². The van der Waals surface area contributed by atoms with Gasteiger partial charge in [0.15, 0.2) is 9.84 Å². The number of para-hydroxylation sites is 1. The van der Waals surface area contributed by atoms with E-state index in [1.54, 1.807) is 18.2 Å². The molecule has 1 N–H and O–H groups in total. The van der Waals surface area contributed by atoms with Crippen LogP contribution in [-0.2, 0) is 14.6 Å². The lowest BCUT2D eigenvalue weighted by molar-refractivity contribution is -0.122. The Morgan fingerprint density at radius 3 is 2.58 bits per heavy atom. The fourth-order valence-corrected chi connectivity index (χ4v) is 4.66. The Hall–Kier alpha value is -1.89. The van der Waals surface area contributed by atoms with Gasteiger partial charge in [0.2, 0.25) is 5.91 Å². The first kappa shape index (κ1) is 17.0. The number of sulfone groups is 1. The van der Waals surface area contributed by atoms with Crippen LogP contribution in [0, 0.1) is 11.7 Å². The van der Waals surface area contributed by atoms with Crippen LogP contribution in [0.2, 0.25) is 0 Å². The van der Waals surface area contributed by atoms with E-state index in [0.29, 0.717) is 18.8 Å². The highest BCUT2D eigenvalue weighted by molar-refractivity contribution is 7.94. The number of carbonyl (C=O) groups is 1. The second-order valence-electron chi connectivity index (χ2n) is 6.40. The van der Waals surface area contributed by atoms with E-state index in [4.69, 9.17) is 0 Å². The molecular formula is C17H21FN2O3S. The maximum absolute atomic E-state index is 13.8. The lowest BCUT2D eigenvalue weighted by Crippen LogP contribution is -2.45. The number of anilines is 1. The van der Waals surface area contributed by atoms with Crippen molar-refractivity contribution in [2.24, 2.45) is 5.92 Å². The zero-order chi connectivity index (χ0) is 17.2. The van der Waals surface area contributed by atoms with Gasteiger partial charge in [-0.25, -0.2) is 12.8 Å². The van der Waals surface area contributed by atoms with E-state index < -0.39 is 9.84 Å². The molecule has 5 nitrogen and oxygen atoms in total. The molecule has 1 amide bonds. The molecule has 0 spiro atoms. The number of hydrogen-bond acceptors (Lipinski definition) is 4. The first-order valence-electron chi connectivity index (χ1n) is 8.13. The summed E-state index contributed by atoms with van der Waals surface area (Å²) in [4.78, 5) is 14.1. The Morgan fingerprint density at radius 2 is 1.96 bits per heavy atom. The molecule has 2 aliphatic heterocycles. The molecule has 0 radical (unpaired) electrons. The lowest BCUT2D eigenvalue weighted by Gasteiger charge is -2.34. The van der Waals surface area contributed by atoms with E-state index in [2.05, 4.69) is 5.32 Å². The number of allylic oxidation sites excluding steroid dienone is 1. The third-order valence-electron chi connectivity index (χ3n) is 4.51. The van der Waals surface area contributed by atoms with Crippen molar-refractivity contribution in [3.63, 3.8) is 0 Å². The summed E-state index contributed by atoms with van der Waals surface area (Å²) < 4.78 is 36.5. The summed E-state index contributed by atoms with van der Waals surface area (Å²) in [5.74, 6) is -0.555. The van der Waals surface area contributed by atoms with Crippen molar-refractivity contribution in [3.05, 3.63) is 41.6 Å². The van der Waals surface area contributed by atoms with Gasteiger partial charge < -0.3 is 10.2 Å². The summed E-state index contributed by atoms with van der Waals surface area (Å²) in [5.41, 5.74) is 0.601. The van der Waals surface area contributed by atoms with Gasteiger partial charge in [-0.3, -0.25) is 4.79 Å². The molecule has 1 unspecified atom stereocenters. The van der Waals surface area contributed by atoms with E-state index >= 15 is 0 Å². The predicted octanol–water partition coefficient (Wildman–Crippen LogP) is 1.86. The predicted molar refractivity (Wildman–Crippen MR) is 90.8 cm³/mol. The van der Waals surface area contributed by atoms with Crippen LogP contribution < -0.4 is 10.2 Å². The Bertz CT molecular complexity index is 740. The highest BCUT2D eigenvalue weighted by Crippen LogP contribution is 2.23. The zero-order valence-corrected chi connectivity index (χ0v) is 14.1. The van der Waals surface area contributed by atoms with Gasteiger partial charge in [0, 0.05) is 36.9 Å². The molecule has 2 heterocycles. The van der Waals surface area contributed by atoms with Gasteiger partial charge in [-0.1, -0.05) is 18.2 Å². The lowest BCUT2D eigenvalue weighted by atomic mass is 10.0. The van der Waals surface area contributed by atoms with Crippen molar-refractivity contribution in [1.82, 2.24) is 5.32 Å². The molecule has 3 rings (SSSR count). The second kappa shape index (κ2) is 6.93. The molecule has 1 aromatic carbocycles. The smallest absolute Gasteiger partial charge is 0.220 e.